The SMILES string of the molecule is COCOc1ccc(OCc2ccccc2)c(CC#N)c1. The summed E-state index contributed by atoms with van der Waals surface area (Å²) in [5, 5.41) is 8.93. The Labute approximate surface area is 124 Å². The first kappa shape index (κ1) is 14.9. The third-order valence-corrected chi connectivity index (χ3v) is 2.88. The summed E-state index contributed by atoms with van der Waals surface area (Å²) < 4.78 is 16.0. The molecular formula is C17H17NO3. The second-order valence-electron chi connectivity index (χ2n) is 4.43. The van der Waals surface area contributed by atoms with Gasteiger partial charge in [0.25, 0.3) is 0 Å². The molecular weight excluding hydrogens is 266 g/mol. The van der Waals surface area contributed by atoms with E-state index in [4.69, 9.17) is 19.5 Å². The Bertz CT molecular complexity index is 605. The number of ether oxygens (including phenoxy) is 3. The molecule has 2 rings (SSSR count). The minimum absolute atomic E-state index is 0.177. The van der Waals surface area contributed by atoms with Crippen LogP contribution in [0.5, 0.6) is 11.5 Å². The van der Waals surface area contributed by atoms with Gasteiger partial charge in [-0.05, 0) is 23.8 Å². The maximum atomic E-state index is 8.93. The number of hydrogen-bond acceptors (Lipinski definition) is 4. The fourth-order valence-corrected chi connectivity index (χ4v) is 1.87. The van der Waals surface area contributed by atoms with Crippen LogP contribution in [-0.4, -0.2) is 13.9 Å². The summed E-state index contributed by atoms with van der Waals surface area (Å²) in [5.41, 5.74) is 1.89. The molecule has 0 bridgehead atoms. The molecule has 0 heterocycles. The van der Waals surface area contributed by atoms with E-state index in [9.17, 15) is 0 Å². The fourth-order valence-electron chi connectivity index (χ4n) is 1.87. The van der Waals surface area contributed by atoms with Crippen molar-refractivity contribution in [3.8, 4) is 17.6 Å². The van der Waals surface area contributed by atoms with Crippen molar-refractivity contribution >= 4 is 0 Å². The molecule has 0 spiro atoms. The van der Waals surface area contributed by atoms with Crippen LogP contribution in [0, 0.1) is 11.3 Å². The predicted molar refractivity (Wildman–Crippen MR) is 79.0 cm³/mol. The molecule has 0 radical (unpaired) electrons. The Hall–Kier alpha value is -2.51. The first-order valence-electron chi connectivity index (χ1n) is 6.62. The summed E-state index contributed by atoms with van der Waals surface area (Å²) in [6.07, 6.45) is 0.272. The molecule has 0 saturated heterocycles. The van der Waals surface area contributed by atoms with Gasteiger partial charge < -0.3 is 14.2 Å². The number of rotatable bonds is 7. The Balaban J connectivity index is 2.09. The van der Waals surface area contributed by atoms with Gasteiger partial charge in [0.05, 0.1) is 12.5 Å². The summed E-state index contributed by atoms with van der Waals surface area (Å²) >= 11 is 0. The molecule has 4 nitrogen and oxygen atoms in total. The van der Waals surface area contributed by atoms with E-state index in [2.05, 4.69) is 6.07 Å². The molecule has 0 aliphatic carbocycles. The highest BCUT2D eigenvalue weighted by Gasteiger charge is 2.06. The van der Waals surface area contributed by atoms with E-state index >= 15 is 0 Å². The van der Waals surface area contributed by atoms with Crippen LogP contribution in [0.1, 0.15) is 11.1 Å². The third-order valence-electron chi connectivity index (χ3n) is 2.88. The van der Waals surface area contributed by atoms with Crippen molar-refractivity contribution < 1.29 is 14.2 Å². The highest BCUT2D eigenvalue weighted by atomic mass is 16.7. The van der Waals surface area contributed by atoms with Crippen molar-refractivity contribution in [2.75, 3.05) is 13.9 Å². The topological polar surface area (TPSA) is 51.5 Å². The number of nitrogens with zero attached hydrogens (tertiary/aromatic N) is 1. The number of nitriles is 1. The van der Waals surface area contributed by atoms with Gasteiger partial charge in [0, 0.05) is 12.7 Å². The summed E-state index contributed by atoms with van der Waals surface area (Å²) in [6.45, 7) is 0.647. The molecule has 4 heteroatoms. The highest BCUT2D eigenvalue weighted by Crippen LogP contribution is 2.25. The van der Waals surface area contributed by atoms with Gasteiger partial charge in [0.2, 0.25) is 0 Å². The van der Waals surface area contributed by atoms with Crippen molar-refractivity contribution in [1.82, 2.24) is 0 Å². The Morgan fingerprint density at radius 1 is 1.05 bits per heavy atom. The lowest BCUT2D eigenvalue weighted by Crippen LogP contribution is -2.01. The summed E-state index contributed by atoms with van der Waals surface area (Å²) in [4.78, 5) is 0. The second-order valence-corrected chi connectivity index (χ2v) is 4.43. The van der Waals surface area contributed by atoms with Crippen LogP contribution in [0.3, 0.4) is 0 Å². The normalized spacial score (nSPS) is 9.90. The van der Waals surface area contributed by atoms with E-state index in [1.165, 1.54) is 0 Å². The maximum Gasteiger partial charge on any atom is 0.188 e. The molecule has 0 saturated carbocycles. The van der Waals surface area contributed by atoms with E-state index < -0.39 is 0 Å². The highest BCUT2D eigenvalue weighted by molar-refractivity contribution is 5.41. The van der Waals surface area contributed by atoms with Crippen LogP contribution < -0.4 is 9.47 Å². The van der Waals surface area contributed by atoms with Crippen molar-refractivity contribution in [3.63, 3.8) is 0 Å². The van der Waals surface area contributed by atoms with E-state index in [1.807, 2.05) is 42.5 Å². The molecule has 108 valence electrons. The minimum Gasteiger partial charge on any atom is -0.489 e. The first-order valence-corrected chi connectivity index (χ1v) is 6.62. The third kappa shape index (κ3) is 4.51. The molecule has 0 N–H and O–H groups in total. The zero-order valence-electron chi connectivity index (χ0n) is 11.9. The fraction of sp³-hybridized carbons (Fsp3) is 0.235. The lowest BCUT2D eigenvalue weighted by molar-refractivity contribution is 0.0510. The first-order chi connectivity index (χ1) is 10.3. The molecule has 21 heavy (non-hydrogen) atoms. The van der Waals surface area contributed by atoms with Gasteiger partial charge in [0.1, 0.15) is 18.1 Å². The second kappa shape index (κ2) is 7.93. The van der Waals surface area contributed by atoms with E-state index in [0.29, 0.717) is 18.1 Å². The van der Waals surface area contributed by atoms with Gasteiger partial charge in [-0.3, -0.25) is 0 Å². The smallest absolute Gasteiger partial charge is 0.188 e. The van der Waals surface area contributed by atoms with Crippen LogP contribution in [-0.2, 0) is 17.8 Å². The van der Waals surface area contributed by atoms with Crippen molar-refractivity contribution in [2.24, 2.45) is 0 Å². The largest absolute Gasteiger partial charge is 0.489 e. The van der Waals surface area contributed by atoms with Gasteiger partial charge in [0.15, 0.2) is 6.79 Å². The molecule has 0 aliphatic rings. The molecule has 0 aliphatic heterocycles. The zero-order valence-corrected chi connectivity index (χ0v) is 11.9. The number of benzene rings is 2. The zero-order chi connectivity index (χ0) is 14.9. The van der Waals surface area contributed by atoms with Crippen LogP contribution in [0.2, 0.25) is 0 Å². The van der Waals surface area contributed by atoms with Crippen molar-refractivity contribution in [3.05, 3.63) is 59.7 Å². The minimum atomic E-state index is 0.177. The van der Waals surface area contributed by atoms with E-state index in [1.54, 1.807) is 13.2 Å². The molecule has 0 unspecified atom stereocenters. The number of hydrogen-bond donors (Lipinski definition) is 0. The van der Waals surface area contributed by atoms with Gasteiger partial charge >= 0.3 is 0 Å². The van der Waals surface area contributed by atoms with Crippen LogP contribution in [0.15, 0.2) is 48.5 Å². The maximum absolute atomic E-state index is 8.93. The molecule has 0 aromatic heterocycles. The quantitative estimate of drug-likeness (QED) is 0.731. The van der Waals surface area contributed by atoms with Crippen LogP contribution >= 0.6 is 0 Å². The van der Waals surface area contributed by atoms with Gasteiger partial charge in [-0.1, -0.05) is 30.3 Å². The molecule has 0 atom stereocenters. The standard InChI is InChI=1S/C17H17NO3/c1-19-13-21-16-7-8-17(15(11-16)9-10-18)20-12-14-5-3-2-4-6-14/h2-8,11H,9,12-13H2,1H3. The van der Waals surface area contributed by atoms with Gasteiger partial charge in [-0.15, -0.1) is 0 Å². The van der Waals surface area contributed by atoms with E-state index in [0.717, 1.165) is 11.1 Å². The van der Waals surface area contributed by atoms with Crippen LogP contribution in [0.4, 0.5) is 0 Å². The molecule has 0 amide bonds. The summed E-state index contributed by atoms with van der Waals surface area (Å²) in [6, 6.07) is 17.5. The Morgan fingerprint density at radius 3 is 2.57 bits per heavy atom. The van der Waals surface area contributed by atoms with Crippen molar-refractivity contribution in [2.45, 2.75) is 13.0 Å². The monoisotopic (exact) mass is 283 g/mol. The lowest BCUT2D eigenvalue weighted by atomic mass is 10.1. The average molecular weight is 283 g/mol. The average Bonchev–Trinajstić information content (AvgIpc) is 2.53. The van der Waals surface area contributed by atoms with Gasteiger partial charge in [-0.2, -0.15) is 5.26 Å². The summed E-state index contributed by atoms with van der Waals surface area (Å²) in [5.74, 6) is 1.36. The van der Waals surface area contributed by atoms with E-state index in [-0.39, 0.29) is 13.2 Å². The Morgan fingerprint density at radius 2 is 1.86 bits per heavy atom. The van der Waals surface area contributed by atoms with Crippen LogP contribution in [0.25, 0.3) is 0 Å². The molecule has 0 fully saturated rings. The van der Waals surface area contributed by atoms with Crippen molar-refractivity contribution in [1.29, 1.82) is 5.26 Å². The number of methoxy groups -OCH3 is 1. The Kier molecular flexibility index (Phi) is 5.62. The lowest BCUT2D eigenvalue weighted by Gasteiger charge is -2.12. The molecule has 2 aromatic rings. The summed E-state index contributed by atoms with van der Waals surface area (Å²) in [7, 11) is 1.56. The van der Waals surface area contributed by atoms with Gasteiger partial charge in [-0.25, -0.2) is 0 Å². The molecule has 2 aromatic carbocycles. The predicted octanol–water partition coefficient (Wildman–Crippen LogP) is 3.31.